The SMILES string of the molecule is O=C(COC(=O)C(=Cc1cccs1)c1cccs1)NC1CCS(=O)(=O)C1. The zero-order chi connectivity index (χ0) is 18.6. The Morgan fingerprint density at radius 2 is 2.00 bits per heavy atom. The second kappa shape index (κ2) is 8.15. The van der Waals surface area contributed by atoms with Crippen molar-refractivity contribution >= 4 is 56.0 Å². The summed E-state index contributed by atoms with van der Waals surface area (Å²) in [4.78, 5) is 26.1. The average molecular weight is 412 g/mol. The Morgan fingerprint density at radius 3 is 2.62 bits per heavy atom. The van der Waals surface area contributed by atoms with E-state index in [9.17, 15) is 18.0 Å². The van der Waals surface area contributed by atoms with E-state index in [1.54, 1.807) is 6.08 Å². The van der Waals surface area contributed by atoms with E-state index in [0.717, 1.165) is 9.75 Å². The van der Waals surface area contributed by atoms with Crippen molar-refractivity contribution in [2.24, 2.45) is 0 Å². The average Bonchev–Trinajstić information content (AvgIpc) is 3.32. The number of esters is 1. The second-order valence-electron chi connectivity index (χ2n) is 5.79. The van der Waals surface area contributed by atoms with Crippen molar-refractivity contribution in [3.8, 4) is 0 Å². The Hall–Kier alpha value is -1.97. The van der Waals surface area contributed by atoms with Gasteiger partial charge < -0.3 is 10.1 Å². The number of ether oxygens (including phenoxy) is 1. The number of nitrogens with one attached hydrogen (secondary N) is 1. The maximum absolute atomic E-state index is 12.5. The molecule has 1 aliphatic heterocycles. The minimum Gasteiger partial charge on any atom is -0.452 e. The maximum atomic E-state index is 12.5. The van der Waals surface area contributed by atoms with Crippen LogP contribution in [0.4, 0.5) is 0 Å². The molecule has 0 aliphatic carbocycles. The molecular formula is C17H17NO5S3. The zero-order valence-corrected chi connectivity index (χ0v) is 16.2. The number of hydrogen-bond donors (Lipinski definition) is 1. The van der Waals surface area contributed by atoms with Crippen LogP contribution in [-0.4, -0.2) is 44.4 Å². The molecule has 1 N–H and O–H groups in total. The maximum Gasteiger partial charge on any atom is 0.340 e. The third kappa shape index (κ3) is 5.03. The van der Waals surface area contributed by atoms with Crippen LogP contribution in [0.2, 0.25) is 0 Å². The van der Waals surface area contributed by atoms with Crippen molar-refractivity contribution in [1.82, 2.24) is 5.32 Å². The molecule has 1 aliphatic rings. The van der Waals surface area contributed by atoms with Crippen molar-refractivity contribution in [3.05, 3.63) is 44.8 Å². The first-order valence-electron chi connectivity index (χ1n) is 7.89. The number of thiophene rings is 2. The third-order valence-electron chi connectivity index (χ3n) is 3.77. The van der Waals surface area contributed by atoms with Crippen LogP contribution in [0.1, 0.15) is 16.2 Å². The van der Waals surface area contributed by atoms with Gasteiger partial charge in [-0.3, -0.25) is 4.79 Å². The standard InChI is InChI=1S/C17H17NO5S3/c19-16(18-12-5-8-26(21,22)11-12)10-23-17(20)14(15-4-2-7-25-15)9-13-3-1-6-24-13/h1-4,6-7,9,12H,5,8,10-11H2,(H,18,19). The van der Waals surface area contributed by atoms with Gasteiger partial charge in [-0.2, -0.15) is 0 Å². The first-order chi connectivity index (χ1) is 12.4. The Kier molecular flexibility index (Phi) is 5.90. The van der Waals surface area contributed by atoms with Crippen LogP contribution in [0, 0.1) is 0 Å². The largest absolute Gasteiger partial charge is 0.452 e. The summed E-state index contributed by atoms with van der Waals surface area (Å²) in [6.07, 6.45) is 2.13. The molecule has 9 heteroatoms. The summed E-state index contributed by atoms with van der Waals surface area (Å²) in [6, 6.07) is 7.01. The molecule has 1 amide bonds. The molecule has 1 fully saturated rings. The number of carbonyl (C=O) groups is 2. The summed E-state index contributed by atoms with van der Waals surface area (Å²) in [5.74, 6) is -1.08. The molecule has 0 radical (unpaired) electrons. The monoisotopic (exact) mass is 411 g/mol. The van der Waals surface area contributed by atoms with Gasteiger partial charge in [-0.05, 0) is 35.4 Å². The van der Waals surface area contributed by atoms with E-state index in [-0.39, 0.29) is 11.5 Å². The molecular weight excluding hydrogens is 394 g/mol. The highest BCUT2D eigenvalue weighted by Crippen LogP contribution is 2.25. The summed E-state index contributed by atoms with van der Waals surface area (Å²) in [7, 11) is -3.07. The summed E-state index contributed by atoms with van der Waals surface area (Å²) in [5, 5.41) is 6.37. The molecule has 6 nitrogen and oxygen atoms in total. The number of hydrogen-bond acceptors (Lipinski definition) is 7. The first-order valence-corrected chi connectivity index (χ1v) is 11.5. The lowest BCUT2D eigenvalue weighted by Crippen LogP contribution is -2.38. The van der Waals surface area contributed by atoms with Crippen LogP contribution < -0.4 is 5.32 Å². The van der Waals surface area contributed by atoms with Gasteiger partial charge in [0.25, 0.3) is 5.91 Å². The van der Waals surface area contributed by atoms with E-state index < -0.39 is 34.4 Å². The fourth-order valence-electron chi connectivity index (χ4n) is 2.57. The molecule has 0 bridgehead atoms. The van der Waals surface area contributed by atoms with Crippen molar-refractivity contribution < 1.29 is 22.7 Å². The van der Waals surface area contributed by atoms with E-state index >= 15 is 0 Å². The Bertz CT molecular complexity index is 898. The molecule has 1 saturated heterocycles. The van der Waals surface area contributed by atoms with Gasteiger partial charge in [0, 0.05) is 15.8 Å². The molecule has 3 heterocycles. The highest BCUT2D eigenvalue weighted by atomic mass is 32.2. The molecule has 138 valence electrons. The Morgan fingerprint density at radius 1 is 1.23 bits per heavy atom. The van der Waals surface area contributed by atoms with E-state index in [2.05, 4.69) is 5.32 Å². The smallest absolute Gasteiger partial charge is 0.340 e. The van der Waals surface area contributed by atoms with E-state index in [1.165, 1.54) is 22.7 Å². The van der Waals surface area contributed by atoms with Crippen LogP contribution in [0.3, 0.4) is 0 Å². The van der Waals surface area contributed by atoms with Gasteiger partial charge in [-0.25, -0.2) is 13.2 Å². The third-order valence-corrected chi connectivity index (χ3v) is 7.26. The minimum atomic E-state index is -3.07. The summed E-state index contributed by atoms with van der Waals surface area (Å²) in [6.45, 7) is -0.442. The molecule has 26 heavy (non-hydrogen) atoms. The van der Waals surface area contributed by atoms with Crippen LogP contribution in [-0.2, 0) is 24.2 Å². The Labute approximate surface area is 159 Å². The van der Waals surface area contributed by atoms with Gasteiger partial charge in [0.2, 0.25) is 0 Å². The number of carbonyl (C=O) groups excluding carboxylic acids is 2. The lowest BCUT2D eigenvalue weighted by molar-refractivity contribution is -0.143. The minimum absolute atomic E-state index is 0.0641. The van der Waals surface area contributed by atoms with Gasteiger partial charge in [-0.15, -0.1) is 22.7 Å². The molecule has 3 rings (SSSR count). The van der Waals surface area contributed by atoms with Crippen molar-refractivity contribution in [2.75, 3.05) is 18.1 Å². The molecule has 0 saturated carbocycles. The van der Waals surface area contributed by atoms with E-state index in [1.807, 2.05) is 35.0 Å². The van der Waals surface area contributed by atoms with Gasteiger partial charge in [-0.1, -0.05) is 12.1 Å². The summed E-state index contributed by atoms with van der Waals surface area (Å²) in [5.41, 5.74) is 0.388. The summed E-state index contributed by atoms with van der Waals surface area (Å²) >= 11 is 2.91. The van der Waals surface area contributed by atoms with Gasteiger partial charge >= 0.3 is 5.97 Å². The fourth-order valence-corrected chi connectivity index (χ4v) is 5.63. The Balaban J connectivity index is 1.61. The molecule has 1 unspecified atom stereocenters. The van der Waals surface area contributed by atoms with E-state index in [4.69, 9.17) is 4.74 Å². The van der Waals surface area contributed by atoms with Gasteiger partial charge in [0.05, 0.1) is 17.1 Å². The highest BCUT2D eigenvalue weighted by molar-refractivity contribution is 7.91. The topological polar surface area (TPSA) is 89.5 Å². The molecule has 0 aromatic carbocycles. The molecule has 2 aromatic rings. The van der Waals surface area contributed by atoms with Crippen LogP contribution in [0.5, 0.6) is 0 Å². The number of sulfone groups is 1. The van der Waals surface area contributed by atoms with Crippen LogP contribution in [0.15, 0.2) is 35.0 Å². The van der Waals surface area contributed by atoms with Crippen LogP contribution >= 0.6 is 22.7 Å². The zero-order valence-electron chi connectivity index (χ0n) is 13.7. The van der Waals surface area contributed by atoms with Gasteiger partial charge in [0.15, 0.2) is 16.4 Å². The second-order valence-corrected chi connectivity index (χ2v) is 9.95. The van der Waals surface area contributed by atoms with E-state index in [0.29, 0.717) is 12.0 Å². The lowest BCUT2D eigenvalue weighted by atomic mass is 10.2. The fraction of sp³-hybridized carbons (Fsp3) is 0.294. The predicted octanol–water partition coefficient (Wildman–Crippen LogP) is 2.20. The van der Waals surface area contributed by atoms with Crippen molar-refractivity contribution in [2.45, 2.75) is 12.5 Å². The molecule has 0 spiro atoms. The normalized spacial score (nSPS) is 19.2. The number of amides is 1. The molecule has 1 atom stereocenters. The van der Waals surface area contributed by atoms with Crippen molar-refractivity contribution in [3.63, 3.8) is 0 Å². The number of rotatable bonds is 6. The molecule has 2 aromatic heterocycles. The quantitative estimate of drug-likeness (QED) is 0.581. The lowest BCUT2D eigenvalue weighted by Gasteiger charge is -2.11. The van der Waals surface area contributed by atoms with Gasteiger partial charge in [0.1, 0.15) is 0 Å². The van der Waals surface area contributed by atoms with Crippen LogP contribution in [0.25, 0.3) is 11.6 Å². The highest BCUT2D eigenvalue weighted by Gasteiger charge is 2.29. The first kappa shape index (κ1) is 18.8. The summed E-state index contributed by atoms with van der Waals surface area (Å²) < 4.78 is 28.0. The predicted molar refractivity (Wildman–Crippen MR) is 103 cm³/mol. The van der Waals surface area contributed by atoms with Crippen molar-refractivity contribution in [1.29, 1.82) is 0 Å².